The van der Waals surface area contributed by atoms with E-state index in [-0.39, 0.29) is 11.5 Å². The highest BCUT2D eigenvalue weighted by atomic mass is 16.5. The SMILES string of the molecule is COc1ccccc1CNC(=O)c1c(OC)cc(=O)n2c1CCCC2. The molecule has 0 saturated carbocycles. The minimum Gasteiger partial charge on any atom is -0.496 e. The molecule has 0 aliphatic carbocycles. The molecule has 1 aromatic carbocycles. The average Bonchev–Trinajstić information content (AvgIpc) is 2.66. The number of nitrogens with one attached hydrogen (secondary N) is 1. The summed E-state index contributed by atoms with van der Waals surface area (Å²) < 4.78 is 12.3. The Hall–Kier alpha value is -2.76. The van der Waals surface area contributed by atoms with Crippen molar-refractivity contribution in [2.45, 2.75) is 32.4 Å². The van der Waals surface area contributed by atoms with Gasteiger partial charge in [-0.2, -0.15) is 0 Å². The maximum atomic E-state index is 12.8. The zero-order chi connectivity index (χ0) is 17.8. The second-order valence-electron chi connectivity index (χ2n) is 5.98. The van der Waals surface area contributed by atoms with E-state index in [0.717, 1.165) is 29.8 Å². The number of para-hydroxylation sites is 1. The van der Waals surface area contributed by atoms with Crippen molar-refractivity contribution in [3.63, 3.8) is 0 Å². The van der Waals surface area contributed by atoms with E-state index in [2.05, 4.69) is 5.32 Å². The number of ether oxygens (including phenoxy) is 2. The lowest BCUT2D eigenvalue weighted by molar-refractivity contribution is 0.0945. The standard InChI is InChI=1S/C19H22N2O4/c1-24-15-9-4-3-7-13(15)12-20-19(23)18-14-8-5-6-10-21(14)17(22)11-16(18)25-2/h3-4,7,9,11H,5-6,8,10,12H2,1-2H3,(H,20,23). The van der Waals surface area contributed by atoms with Gasteiger partial charge in [-0.25, -0.2) is 0 Å². The van der Waals surface area contributed by atoms with Gasteiger partial charge in [-0.15, -0.1) is 0 Å². The summed E-state index contributed by atoms with van der Waals surface area (Å²) in [5, 5.41) is 2.92. The molecular weight excluding hydrogens is 320 g/mol. The summed E-state index contributed by atoms with van der Waals surface area (Å²) >= 11 is 0. The molecule has 0 unspecified atom stereocenters. The molecule has 2 heterocycles. The lowest BCUT2D eigenvalue weighted by Crippen LogP contribution is -2.33. The molecular formula is C19H22N2O4. The van der Waals surface area contributed by atoms with Crippen molar-refractivity contribution in [2.75, 3.05) is 14.2 Å². The second kappa shape index (κ2) is 7.42. The Morgan fingerprint density at radius 3 is 2.68 bits per heavy atom. The molecule has 1 amide bonds. The van der Waals surface area contributed by atoms with Gasteiger partial charge in [0.25, 0.3) is 11.5 Å². The molecule has 0 spiro atoms. The van der Waals surface area contributed by atoms with Crippen LogP contribution in [0, 0.1) is 0 Å². The van der Waals surface area contributed by atoms with Crippen molar-refractivity contribution < 1.29 is 14.3 Å². The van der Waals surface area contributed by atoms with Crippen LogP contribution in [0.15, 0.2) is 35.1 Å². The van der Waals surface area contributed by atoms with Gasteiger partial charge >= 0.3 is 0 Å². The van der Waals surface area contributed by atoms with Crippen LogP contribution in [0.25, 0.3) is 0 Å². The van der Waals surface area contributed by atoms with Gasteiger partial charge in [0.05, 0.1) is 14.2 Å². The summed E-state index contributed by atoms with van der Waals surface area (Å²) in [6.07, 6.45) is 2.60. The zero-order valence-corrected chi connectivity index (χ0v) is 14.5. The van der Waals surface area contributed by atoms with Crippen molar-refractivity contribution in [1.29, 1.82) is 0 Å². The first kappa shape index (κ1) is 17.1. The lowest BCUT2D eigenvalue weighted by Gasteiger charge is -2.22. The molecule has 1 aliphatic rings. The molecule has 0 radical (unpaired) electrons. The number of methoxy groups -OCH3 is 2. The first-order chi connectivity index (χ1) is 12.2. The Bertz CT molecular complexity index is 842. The van der Waals surface area contributed by atoms with Crippen molar-refractivity contribution >= 4 is 5.91 Å². The normalized spacial score (nSPS) is 13.0. The van der Waals surface area contributed by atoms with E-state index in [1.807, 2.05) is 24.3 Å². The van der Waals surface area contributed by atoms with Crippen LogP contribution in [-0.4, -0.2) is 24.7 Å². The van der Waals surface area contributed by atoms with Crippen LogP contribution in [0.2, 0.25) is 0 Å². The Balaban J connectivity index is 1.90. The number of aromatic nitrogens is 1. The fourth-order valence-corrected chi connectivity index (χ4v) is 3.26. The molecule has 0 saturated heterocycles. The van der Waals surface area contributed by atoms with Gasteiger partial charge in [-0.1, -0.05) is 18.2 Å². The van der Waals surface area contributed by atoms with E-state index in [0.29, 0.717) is 30.8 Å². The van der Waals surface area contributed by atoms with E-state index >= 15 is 0 Å². The Morgan fingerprint density at radius 1 is 1.16 bits per heavy atom. The summed E-state index contributed by atoms with van der Waals surface area (Å²) in [4.78, 5) is 25.0. The molecule has 1 N–H and O–H groups in total. The van der Waals surface area contributed by atoms with Crippen LogP contribution < -0.4 is 20.3 Å². The first-order valence-electron chi connectivity index (χ1n) is 8.36. The summed E-state index contributed by atoms with van der Waals surface area (Å²) in [6, 6.07) is 8.93. The maximum absolute atomic E-state index is 12.8. The van der Waals surface area contributed by atoms with E-state index in [1.165, 1.54) is 13.2 Å². The molecule has 6 nitrogen and oxygen atoms in total. The van der Waals surface area contributed by atoms with E-state index in [9.17, 15) is 9.59 Å². The number of benzene rings is 1. The lowest BCUT2D eigenvalue weighted by atomic mass is 10.0. The highest BCUT2D eigenvalue weighted by Gasteiger charge is 2.24. The van der Waals surface area contributed by atoms with E-state index in [1.54, 1.807) is 11.7 Å². The third-order valence-corrected chi connectivity index (χ3v) is 4.51. The molecule has 1 aliphatic heterocycles. The Labute approximate surface area is 146 Å². The molecule has 132 valence electrons. The van der Waals surface area contributed by atoms with Crippen LogP contribution in [0.4, 0.5) is 0 Å². The minimum absolute atomic E-state index is 0.118. The smallest absolute Gasteiger partial charge is 0.257 e. The van der Waals surface area contributed by atoms with E-state index < -0.39 is 0 Å². The Morgan fingerprint density at radius 2 is 1.92 bits per heavy atom. The third-order valence-electron chi connectivity index (χ3n) is 4.51. The molecule has 6 heteroatoms. The highest BCUT2D eigenvalue weighted by Crippen LogP contribution is 2.25. The number of carbonyl (C=O) groups excluding carboxylic acids is 1. The van der Waals surface area contributed by atoms with Crippen molar-refractivity contribution in [3.05, 3.63) is 57.5 Å². The van der Waals surface area contributed by atoms with Crippen LogP contribution in [0.1, 0.15) is 34.5 Å². The summed E-state index contributed by atoms with van der Waals surface area (Å²) in [7, 11) is 3.08. The summed E-state index contributed by atoms with van der Waals surface area (Å²) in [5.41, 5.74) is 1.98. The third kappa shape index (κ3) is 3.38. The molecule has 3 rings (SSSR count). The van der Waals surface area contributed by atoms with E-state index in [4.69, 9.17) is 9.47 Å². The van der Waals surface area contributed by atoms with Gasteiger partial charge in [0.15, 0.2) is 0 Å². The highest BCUT2D eigenvalue weighted by molar-refractivity contribution is 5.98. The number of carbonyl (C=O) groups is 1. The quantitative estimate of drug-likeness (QED) is 0.904. The monoisotopic (exact) mass is 342 g/mol. The number of rotatable bonds is 5. The number of hydrogen-bond donors (Lipinski definition) is 1. The average molecular weight is 342 g/mol. The van der Waals surface area contributed by atoms with Crippen molar-refractivity contribution in [1.82, 2.24) is 9.88 Å². The fraction of sp³-hybridized carbons (Fsp3) is 0.368. The number of hydrogen-bond acceptors (Lipinski definition) is 4. The topological polar surface area (TPSA) is 69.6 Å². The summed E-state index contributed by atoms with van der Waals surface area (Å²) in [5.74, 6) is 0.810. The van der Waals surface area contributed by atoms with Gasteiger partial charge in [-0.05, 0) is 25.3 Å². The molecule has 1 aromatic heterocycles. The molecule has 0 fully saturated rings. The number of pyridine rings is 1. The van der Waals surface area contributed by atoms with Crippen LogP contribution in [0.3, 0.4) is 0 Å². The van der Waals surface area contributed by atoms with Gasteiger partial charge in [0.1, 0.15) is 17.1 Å². The predicted molar refractivity (Wildman–Crippen MR) is 94.4 cm³/mol. The second-order valence-corrected chi connectivity index (χ2v) is 5.98. The zero-order valence-electron chi connectivity index (χ0n) is 14.5. The van der Waals surface area contributed by atoms with Gasteiger partial charge in [0, 0.05) is 30.4 Å². The van der Waals surface area contributed by atoms with Crippen LogP contribution in [0.5, 0.6) is 11.5 Å². The molecule has 25 heavy (non-hydrogen) atoms. The van der Waals surface area contributed by atoms with Gasteiger partial charge < -0.3 is 19.4 Å². The van der Waals surface area contributed by atoms with Crippen molar-refractivity contribution in [2.24, 2.45) is 0 Å². The maximum Gasteiger partial charge on any atom is 0.257 e. The van der Waals surface area contributed by atoms with Crippen LogP contribution in [-0.2, 0) is 19.5 Å². The molecule has 2 aromatic rings. The predicted octanol–water partition coefficient (Wildman–Crippen LogP) is 2.13. The number of amides is 1. The van der Waals surface area contributed by atoms with Gasteiger partial charge in [-0.3, -0.25) is 9.59 Å². The fourth-order valence-electron chi connectivity index (χ4n) is 3.26. The van der Waals surface area contributed by atoms with Crippen molar-refractivity contribution in [3.8, 4) is 11.5 Å². The Kier molecular flexibility index (Phi) is 5.07. The van der Waals surface area contributed by atoms with Crippen LogP contribution >= 0.6 is 0 Å². The minimum atomic E-state index is -0.242. The summed E-state index contributed by atoms with van der Waals surface area (Å²) in [6.45, 7) is 0.982. The van der Waals surface area contributed by atoms with Gasteiger partial charge in [0.2, 0.25) is 0 Å². The molecule has 0 atom stereocenters. The number of nitrogens with zero attached hydrogens (tertiary/aromatic N) is 1. The molecule has 0 bridgehead atoms. The first-order valence-corrected chi connectivity index (χ1v) is 8.36. The number of fused-ring (bicyclic) bond motifs is 1. The largest absolute Gasteiger partial charge is 0.496 e.